The first-order valence-corrected chi connectivity index (χ1v) is 14.7. The number of nitrogens with zero attached hydrogens (tertiary/aromatic N) is 4. The van der Waals surface area contributed by atoms with Crippen LogP contribution in [0.4, 0.5) is 5.13 Å². The number of rotatable bonds is 7. The molecule has 1 saturated heterocycles. The van der Waals surface area contributed by atoms with Crippen molar-refractivity contribution in [2.75, 3.05) is 37.6 Å². The summed E-state index contributed by atoms with van der Waals surface area (Å²) in [4.78, 5) is 22.0. The molecule has 0 saturated carbocycles. The number of sulfonamides is 1. The Bertz CT molecular complexity index is 1500. The van der Waals surface area contributed by atoms with E-state index < -0.39 is 10.0 Å². The topological polar surface area (TPSA) is 73.8 Å². The van der Waals surface area contributed by atoms with Gasteiger partial charge < -0.3 is 9.80 Å². The number of hydrogen-bond acceptors (Lipinski definition) is 6. The molecule has 5 rings (SSSR count). The van der Waals surface area contributed by atoms with Gasteiger partial charge in [-0.1, -0.05) is 60.2 Å². The predicted octanol–water partition coefficient (Wildman–Crippen LogP) is 5.12. The summed E-state index contributed by atoms with van der Waals surface area (Å²) in [5, 5.41) is 1.62. The summed E-state index contributed by atoms with van der Waals surface area (Å²) in [5.74, 6) is -0.101. The third kappa shape index (κ3) is 5.50. The number of piperazine rings is 1. The van der Waals surface area contributed by atoms with Crippen LogP contribution in [0.3, 0.4) is 0 Å². The molecule has 1 aromatic heterocycles. The van der Waals surface area contributed by atoms with Crippen molar-refractivity contribution in [3.05, 3.63) is 88.9 Å². The van der Waals surface area contributed by atoms with E-state index in [1.54, 1.807) is 28.4 Å². The number of fused-ring (bicyclic) bond motifs is 1. The number of aromatic nitrogens is 1. The molecule has 1 amide bonds. The normalized spacial score (nSPS) is 14.5. The van der Waals surface area contributed by atoms with Crippen LogP contribution in [0.2, 0.25) is 5.02 Å². The Hall–Kier alpha value is -2.98. The van der Waals surface area contributed by atoms with Gasteiger partial charge in [-0.15, -0.1) is 0 Å². The quantitative estimate of drug-likeness (QED) is 0.317. The van der Waals surface area contributed by atoms with E-state index in [2.05, 4.69) is 4.90 Å². The fraction of sp³-hybridized carbons (Fsp3) is 0.259. The molecule has 0 radical (unpaired) electrons. The fourth-order valence-corrected chi connectivity index (χ4v) is 7.11. The lowest BCUT2D eigenvalue weighted by molar-refractivity contribution is 0.0746. The first-order valence-electron chi connectivity index (χ1n) is 12.1. The van der Waals surface area contributed by atoms with Gasteiger partial charge in [-0.3, -0.25) is 4.79 Å². The molecule has 1 aliphatic rings. The number of amides is 1. The van der Waals surface area contributed by atoms with Gasteiger partial charge in [0.15, 0.2) is 5.13 Å². The van der Waals surface area contributed by atoms with Crippen molar-refractivity contribution in [1.29, 1.82) is 0 Å². The van der Waals surface area contributed by atoms with Crippen molar-refractivity contribution < 1.29 is 13.2 Å². The summed E-state index contributed by atoms with van der Waals surface area (Å²) >= 11 is 7.70. The Labute approximate surface area is 226 Å². The number of carbonyl (C=O) groups excluding carboxylic acids is 1. The van der Waals surface area contributed by atoms with Gasteiger partial charge in [-0.25, -0.2) is 13.4 Å². The smallest absolute Gasteiger partial charge is 0.253 e. The molecule has 0 atom stereocenters. The first-order chi connectivity index (χ1) is 17.8. The van der Waals surface area contributed by atoms with Crippen molar-refractivity contribution in [1.82, 2.24) is 14.2 Å². The van der Waals surface area contributed by atoms with E-state index in [1.807, 2.05) is 55.5 Å². The highest BCUT2D eigenvalue weighted by Gasteiger charge is 2.26. The van der Waals surface area contributed by atoms with E-state index in [9.17, 15) is 13.2 Å². The number of anilines is 1. The molecule has 3 aromatic carbocycles. The largest absolute Gasteiger partial charge is 0.345 e. The van der Waals surface area contributed by atoms with Gasteiger partial charge in [-0.2, -0.15) is 4.31 Å². The average Bonchev–Trinajstić information content (AvgIpc) is 3.35. The molecule has 37 heavy (non-hydrogen) atoms. The molecule has 4 aromatic rings. The molecule has 0 unspecified atom stereocenters. The van der Waals surface area contributed by atoms with E-state index in [0.717, 1.165) is 20.9 Å². The summed E-state index contributed by atoms with van der Waals surface area (Å²) in [7, 11) is -3.68. The van der Waals surface area contributed by atoms with E-state index in [1.165, 1.54) is 16.4 Å². The van der Waals surface area contributed by atoms with Gasteiger partial charge in [0, 0.05) is 49.9 Å². The minimum atomic E-state index is -3.68. The maximum Gasteiger partial charge on any atom is 0.253 e. The minimum Gasteiger partial charge on any atom is -0.345 e. The zero-order valence-electron chi connectivity index (χ0n) is 20.4. The summed E-state index contributed by atoms with van der Waals surface area (Å²) < 4.78 is 28.9. The minimum absolute atomic E-state index is 0.101. The molecule has 1 fully saturated rings. The highest BCUT2D eigenvalue weighted by atomic mass is 35.5. The Morgan fingerprint density at radius 2 is 1.70 bits per heavy atom. The van der Waals surface area contributed by atoms with Gasteiger partial charge in [0.05, 0.1) is 15.1 Å². The van der Waals surface area contributed by atoms with Crippen molar-refractivity contribution in [3.8, 4) is 0 Å². The molecule has 0 bridgehead atoms. The zero-order valence-corrected chi connectivity index (χ0v) is 22.8. The second-order valence-electron chi connectivity index (χ2n) is 8.83. The Morgan fingerprint density at radius 3 is 2.38 bits per heavy atom. The van der Waals surface area contributed by atoms with Crippen LogP contribution in [0.15, 0.2) is 77.7 Å². The highest BCUT2D eigenvalue weighted by Crippen LogP contribution is 2.31. The lowest BCUT2D eigenvalue weighted by Gasteiger charge is -2.34. The molecule has 0 spiro atoms. The van der Waals surface area contributed by atoms with E-state index in [4.69, 9.17) is 16.6 Å². The first kappa shape index (κ1) is 25.7. The molecule has 2 heterocycles. The number of hydrogen-bond donors (Lipinski definition) is 0. The summed E-state index contributed by atoms with van der Waals surface area (Å²) in [6, 6.07) is 21.5. The maximum absolute atomic E-state index is 13.2. The van der Waals surface area contributed by atoms with Crippen LogP contribution in [0.1, 0.15) is 22.8 Å². The summed E-state index contributed by atoms with van der Waals surface area (Å²) in [6.07, 6.45) is 0. The molecule has 192 valence electrons. The molecule has 0 N–H and O–H groups in total. The number of thiazole rings is 1. The van der Waals surface area contributed by atoms with Crippen LogP contribution in [-0.2, 0) is 16.6 Å². The fourth-order valence-electron chi connectivity index (χ4n) is 4.38. The summed E-state index contributed by atoms with van der Waals surface area (Å²) in [6.45, 7) is 4.96. The van der Waals surface area contributed by atoms with Crippen LogP contribution in [0, 0.1) is 0 Å². The SMILES string of the molecule is CCN(Cc1ccccc1)S(=O)(=O)c1ccc(C(=O)N2CCN(c3nc4ccc(Cl)cc4s3)CC2)cc1. The lowest BCUT2D eigenvalue weighted by atomic mass is 10.2. The molecule has 0 aliphatic carbocycles. The number of carbonyl (C=O) groups is 1. The van der Waals surface area contributed by atoms with Crippen molar-refractivity contribution in [3.63, 3.8) is 0 Å². The monoisotopic (exact) mass is 554 g/mol. The average molecular weight is 555 g/mol. The Balaban J connectivity index is 1.23. The van der Waals surface area contributed by atoms with E-state index >= 15 is 0 Å². The Morgan fingerprint density at radius 1 is 1.00 bits per heavy atom. The highest BCUT2D eigenvalue weighted by molar-refractivity contribution is 7.89. The zero-order chi connectivity index (χ0) is 26.0. The van der Waals surface area contributed by atoms with Crippen LogP contribution in [0.5, 0.6) is 0 Å². The molecule has 1 aliphatic heterocycles. The van der Waals surface area contributed by atoms with Crippen molar-refractivity contribution >= 4 is 54.2 Å². The second kappa shape index (κ2) is 10.8. The van der Waals surface area contributed by atoms with Crippen molar-refractivity contribution in [2.45, 2.75) is 18.4 Å². The van der Waals surface area contributed by atoms with E-state index in [0.29, 0.717) is 49.9 Å². The van der Waals surface area contributed by atoms with Crippen LogP contribution < -0.4 is 4.90 Å². The van der Waals surface area contributed by atoms with E-state index in [-0.39, 0.29) is 10.8 Å². The van der Waals surface area contributed by atoms with Gasteiger partial charge >= 0.3 is 0 Å². The van der Waals surface area contributed by atoms with Gasteiger partial charge in [0.1, 0.15) is 0 Å². The molecule has 7 nitrogen and oxygen atoms in total. The third-order valence-electron chi connectivity index (χ3n) is 6.47. The van der Waals surface area contributed by atoms with Crippen molar-refractivity contribution in [2.24, 2.45) is 0 Å². The number of benzene rings is 3. The number of halogens is 1. The third-order valence-corrected chi connectivity index (χ3v) is 9.72. The van der Waals surface area contributed by atoms with Crippen LogP contribution in [-0.4, -0.2) is 61.2 Å². The Kier molecular flexibility index (Phi) is 7.48. The molecular formula is C27H27ClN4O3S2. The second-order valence-corrected chi connectivity index (χ2v) is 12.2. The van der Waals surface area contributed by atoms with Gasteiger partial charge in [-0.05, 0) is 48.0 Å². The molecule has 10 heteroatoms. The van der Waals surface area contributed by atoms with Gasteiger partial charge in [0.2, 0.25) is 10.0 Å². The maximum atomic E-state index is 13.2. The standard InChI is InChI=1S/C27H27ClN4O3S2/c1-2-32(19-20-6-4-3-5-7-20)37(34,35)23-11-8-21(9-12-23)26(33)30-14-16-31(17-15-30)27-29-24-13-10-22(28)18-25(24)36-27/h3-13,18H,2,14-17,19H2,1H3. The lowest BCUT2D eigenvalue weighted by Crippen LogP contribution is -2.48. The van der Waals surface area contributed by atoms with Crippen LogP contribution >= 0.6 is 22.9 Å². The van der Waals surface area contributed by atoms with Gasteiger partial charge in [0.25, 0.3) is 5.91 Å². The molecular weight excluding hydrogens is 528 g/mol. The summed E-state index contributed by atoms with van der Waals surface area (Å²) in [5.41, 5.74) is 2.32. The van der Waals surface area contributed by atoms with Crippen LogP contribution in [0.25, 0.3) is 10.2 Å². The predicted molar refractivity (Wildman–Crippen MR) is 149 cm³/mol.